The smallest absolute Gasteiger partial charge is 0.327 e. The van der Waals surface area contributed by atoms with Crippen LogP contribution >= 0.6 is 23.2 Å². The molecule has 32 heavy (non-hydrogen) atoms. The van der Waals surface area contributed by atoms with Gasteiger partial charge in [-0.05, 0) is 18.6 Å². The number of ether oxygens (including phenoxy) is 3. The van der Waals surface area contributed by atoms with Crippen LogP contribution in [-0.4, -0.2) is 45.8 Å². The molecule has 2 atom stereocenters. The summed E-state index contributed by atoms with van der Waals surface area (Å²) in [6.07, 6.45) is 6.75. The Balaban J connectivity index is 1.67. The van der Waals surface area contributed by atoms with Gasteiger partial charge in [0.05, 0.1) is 18.2 Å². The lowest BCUT2D eigenvalue weighted by atomic mass is 10.1. The number of nitrogens with zero attached hydrogens (tertiary/aromatic N) is 4. The lowest BCUT2D eigenvalue weighted by Crippen LogP contribution is -2.35. The monoisotopic (exact) mass is 488 g/mol. The molecule has 1 aromatic heterocycles. The van der Waals surface area contributed by atoms with Crippen LogP contribution in [0, 0.1) is 10.1 Å². The molecule has 0 spiro atoms. The van der Waals surface area contributed by atoms with Crippen molar-refractivity contribution in [1.29, 1.82) is 0 Å². The molecule has 1 fully saturated rings. The van der Waals surface area contributed by atoms with Crippen molar-refractivity contribution < 1.29 is 24.1 Å². The molecule has 10 nitrogen and oxygen atoms in total. The van der Waals surface area contributed by atoms with Gasteiger partial charge in [0.2, 0.25) is 5.79 Å². The van der Waals surface area contributed by atoms with E-state index in [-0.39, 0.29) is 19.3 Å². The average Bonchev–Trinajstić information content (AvgIpc) is 3.34. The molecule has 0 saturated carbocycles. The minimum absolute atomic E-state index is 0.0376. The average molecular weight is 489 g/mol. The van der Waals surface area contributed by atoms with E-state index in [0.29, 0.717) is 28.8 Å². The predicted molar refractivity (Wildman–Crippen MR) is 116 cm³/mol. The van der Waals surface area contributed by atoms with Crippen molar-refractivity contribution in [2.75, 3.05) is 19.8 Å². The van der Waals surface area contributed by atoms with E-state index in [1.54, 1.807) is 18.2 Å². The summed E-state index contributed by atoms with van der Waals surface area (Å²) in [6, 6.07) is 4.59. The van der Waals surface area contributed by atoms with E-state index in [9.17, 15) is 10.1 Å². The molecular formula is C20H26Cl2N4O6. The highest BCUT2D eigenvalue weighted by molar-refractivity contribution is 6.35. The lowest BCUT2D eigenvalue weighted by Gasteiger charge is -2.29. The van der Waals surface area contributed by atoms with Crippen LogP contribution in [-0.2, 0) is 26.5 Å². The van der Waals surface area contributed by atoms with Gasteiger partial charge in [0.1, 0.15) is 19.0 Å². The molecule has 0 radical (unpaired) electrons. The highest BCUT2D eigenvalue weighted by Crippen LogP contribution is 2.40. The maximum Gasteiger partial charge on any atom is 0.327 e. The number of rotatable bonds is 13. The van der Waals surface area contributed by atoms with Gasteiger partial charge in [0, 0.05) is 17.2 Å². The first kappa shape index (κ1) is 24.7. The molecule has 0 bridgehead atoms. The molecule has 1 saturated heterocycles. The molecule has 1 aliphatic rings. The minimum atomic E-state index is -1.30. The largest absolute Gasteiger partial charge is 0.379 e. The molecule has 12 heteroatoms. The number of hydrogen-bond donors (Lipinski definition) is 0. The van der Waals surface area contributed by atoms with Crippen molar-refractivity contribution in [2.24, 2.45) is 0 Å². The Morgan fingerprint density at radius 1 is 1.31 bits per heavy atom. The van der Waals surface area contributed by atoms with E-state index in [0.717, 1.165) is 12.8 Å². The van der Waals surface area contributed by atoms with Crippen molar-refractivity contribution >= 4 is 23.2 Å². The number of unbranched alkanes of at least 4 members (excludes halogenated alkanes) is 4. The zero-order valence-electron chi connectivity index (χ0n) is 17.7. The first-order valence-electron chi connectivity index (χ1n) is 10.5. The van der Waals surface area contributed by atoms with E-state index >= 15 is 0 Å². The summed E-state index contributed by atoms with van der Waals surface area (Å²) in [5.41, 5.74) is 0.554. The van der Waals surface area contributed by atoms with Gasteiger partial charge in [-0.15, -0.1) is 15.2 Å². The van der Waals surface area contributed by atoms with Gasteiger partial charge in [-0.25, -0.2) is 9.52 Å². The van der Waals surface area contributed by atoms with Crippen LogP contribution in [0.2, 0.25) is 10.0 Å². The molecule has 3 rings (SSSR count). The molecular weight excluding hydrogens is 463 g/mol. The van der Waals surface area contributed by atoms with E-state index < -0.39 is 16.9 Å². The zero-order chi connectivity index (χ0) is 23.0. The third kappa shape index (κ3) is 6.76. The Labute approximate surface area is 195 Å². The van der Waals surface area contributed by atoms with Crippen LogP contribution in [0.25, 0.3) is 0 Å². The van der Waals surface area contributed by atoms with Crippen LogP contribution in [0.5, 0.6) is 6.01 Å². The van der Waals surface area contributed by atoms with Crippen LogP contribution < -0.4 is 4.84 Å². The Kier molecular flexibility index (Phi) is 9.06. The number of benzene rings is 1. The number of halogens is 2. The molecule has 2 aromatic rings. The van der Waals surface area contributed by atoms with Crippen LogP contribution in [0.1, 0.15) is 44.6 Å². The Morgan fingerprint density at radius 2 is 2.12 bits per heavy atom. The maximum absolute atomic E-state index is 10.5. The maximum atomic E-state index is 10.5. The molecule has 2 heterocycles. The van der Waals surface area contributed by atoms with Crippen molar-refractivity contribution in [1.82, 2.24) is 14.8 Å². The lowest BCUT2D eigenvalue weighted by molar-refractivity contribution is -0.713. The van der Waals surface area contributed by atoms with Gasteiger partial charge >= 0.3 is 11.1 Å². The highest BCUT2D eigenvalue weighted by atomic mass is 35.5. The summed E-state index contributed by atoms with van der Waals surface area (Å²) in [7, 11) is 0. The Bertz CT molecular complexity index is 899. The SMILES string of the molecule is CCCCCCCOCC1COC(Cn2cnc(O[N+](=O)[O-])n2)(c2ccc(Cl)cc2Cl)O1. The zero-order valence-corrected chi connectivity index (χ0v) is 19.3. The summed E-state index contributed by atoms with van der Waals surface area (Å²) in [4.78, 5) is 18.6. The van der Waals surface area contributed by atoms with Crippen molar-refractivity contribution in [3.63, 3.8) is 0 Å². The van der Waals surface area contributed by atoms with Gasteiger partial charge in [0.25, 0.3) is 0 Å². The molecule has 176 valence electrons. The third-order valence-corrected chi connectivity index (χ3v) is 5.49. The Morgan fingerprint density at radius 3 is 2.88 bits per heavy atom. The summed E-state index contributed by atoms with van der Waals surface area (Å²) in [5, 5.41) is 14.3. The second-order valence-electron chi connectivity index (χ2n) is 7.46. The first-order valence-corrected chi connectivity index (χ1v) is 11.2. The molecule has 0 N–H and O–H groups in total. The van der Waals surface area contributed by atoms with Crippen molar-refractivity contribution in [3.05, 3.63) is 50.2 Å². The van der Waals surface area contributed by atoms with Crippen LogP contribution in [0.4, 0.5) is 0 Å². The highest BCUT2D eigenvalue weighted by Gasteiger charge is 2.45. The topological polar surface area (TPSA) is 111 Å². The van der Waals surface area contributed by atoms with E-state index in [2.05, 4.69) is 21.8 Å². The van der Waals surface area contributed by atoms with Gasteiger partial charge in [-0.1, -0.05) is 61.9 Å². The van der Waals surface area contributed by atoms with Gasteiger partial charge in [-0.2, -0.15) is 4.98 Å². The fraction of sp³-hybridized carbons (Fsp3) is 0.600. The normalized spacial score (nSPS) is 20.5. The molecule has 0 aliphatic carbocycles. The second kappa shape index (κ2) is 11.8. The number of aromatic nitrogens is 3. The van der Waals surface area contributed by atoms with Gasteiger partial charge < -0.3 is 14.2 Å². The summed E-state index contributed by atoms with van der Waals surface area (Å²) >= 11 is 12.5. The molecule has 1 aliphatic heterocycles. The fourth-order valence-electron chi connectivity index (χ4n) is 3.45. The second-order valence-corrected chi connectivity index (χ2v) is 8.30. The van der Waals surface area contributed by atoms with E-state index in [1.807, 2.05) is 0 Å². The van der Waals surface area contributed by atoms with Crippen LogP contribution in [0.3, 0.4) is 0 Å². The molecule has 1 aromatic carbocycles. The summed E-state index contributed by atoms with van der Waals surface area (Å²) < 4.78 is 19.4. The van der Waals surface area contributed by atoms with Crippen molar-refractivity contribution in [3.8, 4) is 6.01 Å². The van der Waals surface area contributed by atoms with E-state index in [4.69, 9.17) is 37.4 Å². The fourth-order valence-corrected chi connectivity index (χ4v) is 4.01. The van der Waals surface area contributed by atoms with Crippen LogP contribution in [0.15, 0.2) is 24.5 Å². The standard InChI is InChI=1S/C20H26Cl2N4O6/c1-2-3-4-5-6-9-29-11-16-12-30-20(31-16,17-8-7-15(21)10-18(17)22)13-25-14-23-19(24-25)32-26(27)28/h7-8,10,14,16H,2-6,9,11-13H2,1H3. The van der Waals surface area contributed by atoms with Crippen molar-refractivity contribution in [2.45, 2.75) is 57.5 Å². The minimum Gasteiger partial charge on any atom is -0.379 e. The Hall–Kier alpha value is -1.98. The quantitative estimate of drug-likeness (QED) is 0.231. The van der Waals surface area contributed by atoms with Gasteiger partial charge in [-0.3, -0.25) is 0 Å². The first-order chi connectivity index (χ1) is 15.4. The third-order valence-electron chi connectivity index (χ3n) is 4.94. The summed E-state index contributed by atoms with van der Waals surface area (Å²) in [6.45, 7) is 3.52. The predicted octanol–water partition coefficient (Wildman–Crippen LogP) is 4.41. The molecule has 2 unspecified atom stereocenters. The number of hydrogen-bond acceptors (Lipinski definition) is 8. The molecule has 0 amide bonds. The van der Waals surface area contributed by atoms with E-state index in [1.165, 1.54) is 30.3 Å². The summed E-state index contributed by atoms with van der Waals surface area (Å²) in [5.74, 6) is -1.30. The van der Waals surface area contributed by atoms with Gasteiger partial charge in [0.15, 0.2) is 0 Å².